The summed E-state index contributed by atoms with van der Waals surface area (Å²) < 4.78 is 27.3. The van der Waals surface area contributed by atoms with Gasteiger partial charge in [-0.1, -0.05) is 48.0 Å². The number of aryl methyl sites for hydroxylation is 1. The largest absolute Gasteiger partial charge is 0.298 e. The summed E-state index contributed by atoms with van der Waals surface area (Å²) >= 11 is 0. The normalized spacial score (nSPS) is 19.8. The Hall–Kier alpha value is -1.69. The van der Waals surface area contributed by atoms with Crippen molar-refractivity contribution in [1.82, 2.24) is 9.21 Å². The first-order valence-corrected chi connectivity index (χ1v) is 10.3. The van der Waals surface area contributed by atoms with Gasteiger partial charge in [-0.2, -0.15) is 4.31 Å². The molecule has 0 bridgehead atoms. The molecule has 0 N–H and O–H groups in total. The highest BCUT2D eigenvalue weighted by atomic mass is 32.2. The summed E-state index contributed by atoms with van der Waals surface area (Å²) in [6.45, 7) is 6.91. The van der Waals surface area contributed by atoms with E-state index in [-0.39, 0.29) is 6.04 Å². The zero-order valence-electron chi connectivity index (χ0n) is 14.9. The van der Waals surface area contributed by atoms with Gasteiger partial charge in [0.05, 0.1) is 4.90 Å². The van der Waals surface area contributed by atoms with Crippen LogP contribution in [0.2, 0.25) is 0 Å². The molecule has 0 amide bonds. The third kappa shape index (κ3) is 4.29. The first-order valence-electron chi connectivity index (χ1n) is 8.81. The number of rotatable bonds is 5. The Morgan fingerprint density at radius 2 is 1.68 bits per heavy atom. The number of hydrogen-bond donors (Lipinski definition) is 0. The van der Waals surface area contributed by atoms with Crippen molar-refractivity contribution in [1.29, 1.82) is 0 Å². The standard InChI is InChI=1S/C20H26N2O2S/c1-17-8-10-20(11-9-17)25(23,24)22-15-14-21(18(2)16-22)13-12-19-6-4-3-5-7-19/h3-11,18H,12-16H2,1-2H3. The average molecular weight is 359 g/mol. The molecule has 0 saturated carbocycles. The Labute approximate surface area is 151 Å². The Bertz CT molecular complexity index is 788. The van der Waals surface area contributed by atoms with Gasteiger partial charge in [0.15, 0.2) is 0 Å². The highest BCUT2D eigenvalue weighted by molar-refractivity contribution is 7.89. The van der Waals surface area contributed by atoms with E-state index in [1.165, 1.54) is 5.56 Å². The van der Waals surface area contributed by atoms with Gasteiger partial charge in [-0.25, -0.2) is 8.42 Å². The summed E-state index contributed by atoms with van der Waals surface area (Å²) in [6, 6.07) is 17.8. The van der Waals surface area contributed by atoms with Crippen LogP contribution < -0.4 is 0 Å². The third-order valence-corrected chi connectivity index (χ3v) is 6.80. The fourth-order valence-corrected chi connectivity index (χ4v) is 4.80. The van der Waals surface area contributed by atoms with E-state index in [0.29, 0.717) is 18.0 Å². The molecule has 0 spiro atoms. The minimum atomic E-state index is -3.40. The fourth-order valence-electron chi connectivity index (χ4n) is 3.29. The molecular weight excluding hydrogens is 332 g/mol. The maximum Gasteiger partial charge on any atom is 0.243 e. The monoisotopic (exact) mass is 358 g/mol. The van der Waals surface area contributed by atoms with Crippen LogP contribution in [0.3, 0.4) is 0 Å². The highest BCUT2D eigenvalue weighted by Gasteiger charge is 2.31. The lowest BCUT2D eigenvalue weighted by atomic mass is 10.1. The number of hydrogen-bond acceptors (Lipinski definition) is 3. The predicted molar refractivity (Wildman–Crippen MR) is 101 cm³/mol. The van der Waals surface area contributed by atoms with Crippen LogP contribution in [0.5, 0.6) is 0 Å². The van der Waals surface area contributed by atoms with E-state index in [1.54, 1.807) is 16.4 Å². The molecule has 1 aliphatic rings. The third-order valence-electron chi connectivity index (χ3n) is 4.92. The molecule has 134 valence electrons. The van der Waals surface area contributed by atoms with Crippen molar-refractivity contribution in [3.05, 3.63) is 65.7 Å². The molecule has 2 aromatic carbocycles. The molecule has 4 nitrogen and oxygen atoms in total. The SMILES string of the molecule is Cc1ccc(S(=O)(=O)N2CCN(CCc3ccccc3)C(C)C2)cc1. The molecule has 0 aliphatic carbocycles. The Morgan fingerprint density at radius 1 is 1.00 bits per heavy atom. The van der Waals surface area contributed by atoms with E-state index in [1.807, 2.05) is 25.1 Å². The lowest BCUT2D eigenvalue weighted by molar-refractivity contribution is 0.130. The zero-order chi connectivity index (χ0) is 17.9. The number of piperazine rings is 1. The molecule has 1 unspecified atom stereocenters. The van der Waals surface area contributed by atoms with Crippen LogP contribution in [-0.4, -0.2) is 49.8 Å². The molecule has 1 saturated heterocycles. The molecule has 25 heavy (non-hydrogen) atoms. The van der Waals surface area contributed by atoms with Crippen molar-refractivity contribution >= 4 is 10.0 Å². The van der Waals surface area contributed by atoms with Gasteiger partial charge in [0.1, 0.15) is 0 Å². The predicted octanol–water partition coefficient (Wildman–Crippen LogP) is 2.93. The quantitative estimate of drug-likeness (QED) is 0.825. The van der Waals surface area contributed by atoms with Crippen molar-refractivity contribution in [3.8, 4) is 0 Å². The van der Waals surface area contributed by atoms with E-state index in [2.05, 4.69) is 36.1 Å². The van der Waals surface area contributed by atoms with Crippen LogP contribution in [0.4, 0.5) is 0 Å². The van der Waals surface area contributed by atoms with E-state index < -0.39 is 10.0 Å². The maximum atomic E-state index is 12.8. The Balaban J connectivity index is 1.62. The minimum absolute atomic E-state index is 0.220. The van der Waals surface area contributed by atoms with Gasteiger partial charge in [0.2, 0.25) is 10.0 Å². The molecule has 1 aliphatic heterocycles. The zero-order valence-corrected chi connectivity index (χ0v) is 15.7. The highest BCUT2D eigenvalue weighted by Crippen LogP contribution is 2.20. The van der Waals surface area contributed by atoms with Crippen LogP contribution in [0, 0.1) is 6.92 Å². The van der Waals surface area contributed by atoms with Crippen LogP contribution in [-0.2, 0) is 16.4 Å². The van der Waals surface area contributed by atoms with Crippen molar-refractivity contribution < 1.29 is 8.42 Å². The number of nitrogens with zero attached hydrogens (tertiary/aromatic N) is 2. The lowest BCUT2D eigenvalue weighted by Gasteiger charge is -2.39. The summed E-state index contributed by atoms with van der Waals surface area (Å²) in [5, 5.41) is 0. The van der Waals surface area contributed by atoms with E-state index in [4.69, 9.17) is 0 Å². The first kappa shape index (κ1) is 18.1. The van der Waals surface area contributed by atoms with Crippen LogP contribution >= 0.6 is 0 Å². The smallest absolute Gasteiger partial charge is 0.243 e. The summed E-state index contributed by atoms with van der Waals surface area (Å²) in [5.41, 5.74) is 2.39. The molecule has 1 atom stereocenters. The van der Waals surface area contributed by atoms with Gasteiger partial charge in [-0.3, -0.25) is 4.90 Å². The summed E-state index contributed by atoms with van der Waals surface area (Å²) in [4.78, 5) is 2.77. The van der Waals surface area contributed by atoms with Crippen molar-refractivity contribution in [2.75, 3.05) is 26.2 Å². The van der Waals surface area contributed by atoms with E-state index in [9.17, 15) is 8.42 Å². The van der Waals surface area contributed by atoms with Gasteiger partial charge < -0.3 is 0 Å². The van der Waals surface area contributed by atoms with Crippen LogP contribution in [0.15, 0.2) is 59.5 Å². The van der Waals surface area contributed by atoms with Gasteiger partial charge in [0.25, 0.3) is 0 Å². The van der Waals surface area contributed by atoms with Gasteiger partial charge in [0, 0.05) is 32.2 Å². The van der Waals surface area contributed by atoms with Crippen LogP contribution in [0.25, 0.3) is 0 Å². The molecule has 3 rings (SSSR count). The first-order chi connectivity index (χ1) is 12.0. The van der Waals surface area contributed by atoms with Crippen molar-refractivity contribution in [2.24, 2.45) is 0 Å². The summed E-state index contributed by atoms with van der Waals surface area (Å²) in [6.07, 6.45) is 0.996. The molecule has 1 heterocycles. The molecule has 2 aromatic rings. The Morgan fingerprint density at radius 3 is 2.32 bits per heavy atom. The average Bonchev–Trinajstić information content (AvgIpc) is 2.62. The van der Waals surface area contributed by atoms with Gasteiger partial charge in [-0.05, 0) is 38.0 Å². The van der Waals surface area contributed by atoms with Crippen molar-refractivity contribution in [2.45, 2.75) is 31.2 Å². The topological polar surface area (TPSA) is 40.6 Å². The lowest BCUT2D eigenvalue weighted by Crippen LogP contribution is -2.53. The summed E-state index contributed by atoms with van der Waals surface area (Å²) in [7, 11) is -3.40. The maximum absolute atomic E-state index is 12.8. The second kappa shape index (κ2) is 7.68. The molecule has 0 radical (unpaired) electrons. The van der Waals surface area contributed by atoms with E-state index in [0.717, 1.165) is 25.1 Å². The van der Waals surface area contributed by atoms with Crippen LogP contribution in [0.1, 0.15) is 18.1 Å². The van der Waals surface area contributed by atoms with Crippen molar-refractivity contribution in [3.63, 3.8) is 0 Å². The summed E-state index contributed by atoms with van der Waals surface area (Å²) in [5.74, 6) is 0. The molecule has 5 heteroatoms. The molecule has 1 fully saturated rings. The Kier molecular flexibility index (Phi) is 5.57. The van der Waals surface area contributed by atoms with Gasteiger partial charge >= 0.3 is 0 Å². The second-order valence-corrected chi connectivity index (χ2v) is 8.73. The number of sulfonamides is 1. The minimum Gasteiger partial charge on any atom is -0.298 e. The fraction of sp³-hybridized carbons (Fsp3) is 0.400. The van der Waals surface area contributed by atoms with Gasteiger partial charge in [-0.15, -0.1) is 0 Å². The molecule has 0 aromatic heterocycles. The second-order valence-electron chi connectivity index (χ2n) is 6.80. The number of benzene rings is 2. The van der Waals surface area contributed by atoms with E-state index >= 15 is 0 Å². The molecular formula is C20H26N2O2S.